The Morgan fingerprint density at radius 1 is 1.22 bits per heavy atom. The summed E-state index contributed by atoms with van der Waals surface area (Å²) in [5.41, 5.74) is 1.13. The van der Waals surface area contributed by atoms with Crippen molar-refractivity contribution in [2.24, 2.45) is 0 Å². The van der Waals surface area contributed by atoms with Crippen LogP contribution < -0.4 is 14.8 Å². The van der Waals surface area contributed by atoms with Gasteiger partial charge in [0.2, 0.25) is 0 Å². The van der Waals surface area contributed by atoms with E-state index in [0.29, 0.717) is 6.04 Å². The predicted molar refractivity (Wildman–Crippen MR) is 76.3 cm³/mol. The lowest BCUT2D eigenvalue weighted by molar-refractivity contribution is 0.349. The normalized spacial score (nSPS) is 15.9. The van der Waals surface area contributed by atoms with Crippen molar-refractivity contribution in [1.29, 1.82) is 0 Å². The molecule has 18 heavy (non-hydrogen) atoms. The maximum atomic E-state index is 5.45. The highest BCUT2D eigenvalue weighted by molar-refractivity contribution is 9.10. The van der Waals surface area contributed by atoms with Crippen LogP contribution in [0.5, 0.6) is 11.5 Å². The number of hydrogen-bond donors (Lipinski definition) is 1. The molecule has 1 fully saturated rings. The fourth-order valence-corrected chi connectivity index (χ4v) is 3.01. The summed E-state index contributed by atoms with van der Waals surface area (Å²) < 4.78 is 11.8. The summed E-state index contributed by atoms with van der Waals surface area (Å²) in [4.78, 5) is 0. The van der Waals surface area contributed by atoms with Crippen molar-refractivity contribution >= 4 is 15.9 Å². The van der Waals surface area contributed by atoms with Gasteiger partial charge in [-0.3, -0.25) is 0 Å². The van der Waals surface area contributed by atoms with Crippen molar-refractivity contribution in [2.45, 2.75) is 38.3 Å². The molecule has 1 saturated carbocycles. The highest BCUT2D eigenvalue weighted by Gasteiger charge is 2.16. The Balaban J connectivity index is 2.12. The molecule has 4 heteroatoms. The first-order valence-electron chi connectivity index (χ1n) is 6.38. The van der Waals surface area contributed by atoms with Crippen LogP contribution in [0.4, 0.5) is 0 Å². The van der Waals surface area contributed by atoms with Gasteiger partial charge in [-0.05, 0) is 25.0 Å². The molecule has 0 atom stereocenters. The molecule has 0 heterocycles. The Bertz CT molecular complexity index is 403. The van der Waals surface area contributed by atoms with Crippen molar-refractivity contribution in [1.82, 2.24) is 5.32 Å². The number of methoxy groups -OCH3 is 2. The van der Waals surface area contributed by atoms with E-state index in [9.17, 15) is 0 Å². The number of nitrogens with one attached hydrogen (secondary N) is 1. The summed E-state index contributed by atoms with van der Waals surface area (Å²) >= 11 is 3.51. The van der Waals surface area contributed by atoms with Gasteiger partial charge < -0.3 is 14.8 Å². The van der Waals surface area contributed by atoms with Gasteiger partial charge in [-0.25, -0.2) is 0 Å². The van der Waals surface area contributed by atoms with Gasteiger partial charge in [0, 0.05) is 22.6 Å². The molecule has 100 valence electrons. The molecule has 0 amide bonds. The summed E-state index contributed by atoms with van der Waals surface area (Å²) in [5, 5.41) is 3.59. The number of benzene rings is 1. The Morgan fingerprint density at radius 2 is 1.94 bits per heavy atom. The van der Waals surface area contributed by atoms with Gasteiger partial charge >= 0.3 is 0 Å². The second kappa shape index (κ2) is 6.43. The molecule has 1 aromatic carbocycles. The molecule has 0 saturated heterocycles. The molecule has 0 spiro atoms. The first-order chi connectivity index (χ1) is 8.74. The minimum absolute atomic E-state index is 0.652. The zero-order valence-electron chi connectivity index (χ0n) is 11.0. The Hall–Kier alpha value is -0.740. The highest BCUT2D eigenvalue weighted by atomic mass is 79.9. The van der Waals surface area contributed by atoms with E-state index in [2.05, 4.69) is 27.3 Å². The maximum absolute atomic E-state index is 5.45. The van der Waals surface area contributed by atoms with Gasteiger partial charge in [-0.1, -0.05) is 28.8 Å². The number of rotatable bonds is 5. The number of halogens is 1. The molecule has 1 aliphatic carbocycles. The van der Waals surface area contributed by atoms with E-state index in [1.54, 1.807) is 14.2 Å². The van der Waals surface area contributed by atoms with Crippen LogP contribution in [0.3, 0.4) is 0 Å². The third-order valence-electron chi connectivity index (χ3n) is 3.46. The Labute approximate surface area is 117 Å². The summed E-state index contributed by atoms with van der Waals surface area (Å²) in [5.74, 6) is 1.60. The van der Waals surface area contributed by atoms with Crippen molar-refractivity contribution in [3.63, 3.8) is 0 Å². The standard InChI is InChI=1S/C14H20BrNO2/c1-17-13-8-11(15)7-10(14(13)18-2)9-16-12-5-3-4-6-12/h7-8,12,16H,3-6,9H2,1-2H3. The van der Waals surface area contributed by atoms with Crippen molar-refractivity contribution in [3.05, 3.63) is 22.2 Å². The fraction of sp³-hybridized carbons (Fsp3) is 0.571. The molecule has 1 aliphatic rings. The van der Waals surface area contributed by atoms with E-state index in [1.165, 1.54) is 25.7 Å². The number of hydrogen-bond acceptors (Lipinski definition) is 3. The molecule has 0 bridgehead atoms. The molecule has 0 aromatic heterocycles. The van der Waals surface area contributed by atoms with Gasteiger partial charge in [-0.2, -0.15) is 0 Å². The fourth-order valence-electron chi connectivity index (χ4n) is 2.52. The lowest BCUT2D eigenvalue weighted by Crippen LogP contribution is -2.25. The molecule has 0 radical (unpaired) electrons. The first kappa shape index (κ1) is 13.7. The minimum Gasteiger partial charge on any atom is -0.493 e. The topological polar surface area (TPSA) is 30.5 Å². The molecular weight excluding hydrogens is 294 g/mol. The zero-order valence-corrected chi connectivity index (χ0v) is 12.5. The minimum atomic E-state index is 0.652. The van der Waals surface area contributed by atoms with E-state index < -0.39 is 0 Å². The predicted octanol–water partition coefficient (Wildman–Crippen LogP) is 3.50. The second-order valence-corrected chi connectivity index (χ2v) is 5.58. The van der Waals surface area contributed by atoms with Gasteiger partial charge in [0.05, 0.1) is 14.2 Å². The molecular formula is C14H20BrNO2. The monoisotopic (exact) mass is 313 g/mol. The van der Waals surface area contributed by atoms with Crippen LogP contribution in [0.1, 0.15) is 31.2 Å². The van der Waals surface area contributed by atoms with E-state index in [-0.39, 0.29) is 0 Å². The molecule has 2 rings (SSSR count). The third-order valence-corrected chi connectivity index (χ3v) is 3.91. The lowest BCUT2D eigenvalue weighted by Gasteiger charge is -2.16. The molecule has 0 unspecified atom stereocenters. The van der Waals surface area contributed by atoms with E-state index >= 15 is 0 Å². The molecule has 1 aromatic rings. The van der Waals surface area contributed by atoms with Crippen LogP contribution >= 0.6 is 15.9 Å². The smallest absolute Gasteiger partial charge is 0.165 e. The summed E-state index contributed by atoms with van der Waals surface area (Å²) in [6, 6.07) is 4.67. The van der Waals surface area contributed by atoms with E-state index in [0.717, 1.165) is 28.1 Å². The van der Waals surface area contributed by atoms with E-state index in [4.69, 9.17) is 9.47 Å². The SMILES string of the molecule is COc1cc(Br)cc(CNC2CCCC2)c1OC. The molecule has 1 N–H and O–H groups in total. The third kappa shape index (κ3) is 3.18. The van der Waals surface area contributed by atoms with Crippen molar-refractivity contribution < 1.29 is 9.47 Å². The summed E-state index contributed by atoms with van der Waals surface area (Å²) in [6.45, 7) is 0.823. The largest absolute Gasteiger partial charge is 0.493 e. The van der Waals surface area contributed by atoms with E-state index in [1.807, 2.05) is 6.07 Å². The van der Waals surface area contributed by atoms with Gasteiger partial charge in [0.25, 0.3) is 0 Å². The lowest BCUT2D eigenvalue weighted by atomic mass is 10.1. The number of ether oxygens (including phenoxy) is 2. The second-order valence-electron chi connectivity index (χ2n) is 4.66. The van der Waals surface area contributed by atoms with Crippen molar-refractivity contribution in [2.75, 3.05) is 14.2 Å². The molecule has 0 aliphatic heterocycles. The van der Waals surface area contributed by atoms with Crippen LogP contribution in [0.2, 0.25) is 0 Å². The quantitative estimate of drug-likeness (QED) is 0.902. The average molecular weight is 314 g/mol. The van der Waals surface area contributed by atoms with Crippen LogP contribution in [0, 0.1) is 0 Å². The zero-order chi connectivity index (χ0) is 13.0. The molecule has 3 nitrogen and oxygen atoms in total. The summed E-state index contributed by atoms with van der Waals surface area (Å²) in [6.07, 6.45) is 5.26. The summed E-state index contributed by atoms with van der Waals surface area (Å²) in [7, 11) is 3.35. The first-order valence-corrected chi connectivity index (χ1v) is 7.17. The van der Waals surface area contributed by atoms with Gasteiger partial charge in [0.15, 0.2) is 11.5 Å². The Morgan fingerprint density at radius 3 is 2.56 bits per heavy atom. The van der Waals surface area contributed by atoms with Crippen LogP contribution in [0.25, 0.3) is 0 Å². The average Bonchev–Trinajstić information content (AvgIpc) is 2.88. The van der Waals surface area contributed by atoms with Crippen LogP contribution in [-0.2, 0) is 6.54 Å². The van der Waals surface area contributed by atoms with Crippen LogP contribution in [-0.4, -0.2) is 20.3 Å². The van der Waals surface area contributed by atoms with Gasteiger partial charge in [0.1, 0.15) is 0 Å². The Kier molecular flexibility index (Phi) is 4.89. The highest BCUT2D eigenvalue weighted by Crippen LogP contribution is 2.34. The van der Waals surface area contributed by atoms with Crippen LogP contribution in [0.15, 0.2) is 16.6 Å². The van der Waals surface area contributed by atoms with Crippen molar-refractivity contribution in [3.8, 4) is 11.5 Å². The maximum Gasteiger partial charge on any atom is 0.165 e. The van der Waals surface area contributed by atoms with Gasteiger partial charge in [-0.15, -0.1) is 0 Å².